The standard InChI is InChI=1S/C14H18N2O/c1-4-5-10-7-11-8-12(17-3)6-9(2)13(11)16-14(10)15/h6-8H,4-5H2,1-3H3,(H2,15,16). The van der Waals surface area contributed by atoms with Crippen LogP contribution in [0.4, 0.5) is 5.82 Å². The van der Waals surface area contributed by atoms with Gasteiger partial charge in [0.15, 0.2) is 0 Å². The van der Waals surface area contributed by atoms with Gasteiger partial charge in [0.25, 0.3) is 0 Å². The van der Waals surface area contributed by atoms with Crippen molar-refractivity contribution in [2.45, 2.75) is 26.7 Å². The Hall–Kier alpha value is -1.77. The second-order valence-corrected chi connectivity index (χ2v) is 4.30. The maximum absolute atomic E-state index is 5.97. The van der Waals surface area contributed by atoms with Crippen LogP contribution >= 0.6 is 0 Å². The van der Waals surface area contributed by atoms with E-state index >= 15 is 0 Å². The van der Waals surface area contributed by atoms with Crippen molar-refractivity contribution in [2.75, 3.05) is 12.8 Å². The number of methoxy groups -OCH3 is 1. The summed E-state index contributed by atoms with van der Waals surface area (Å²) in [5, 5.41) is 1.10. The Bertz CT molecular complexity index is 549. The molecule has 0 bridgehead atoms. The van der Waals surface area contributed by atoms with Gasteiger partial charge in [-0.2, -0.15) is 0 Å². The molecule has 1 aromatic carbocycles. The van der Waals surface area contributed by atoms with Gasteiger partial charge >= 0.3 is 0 Å². The number of pyridine rings is 1. The largest absolute Gasteiger partial charge is 0.497 e. The van der Waals surface area contributed by atoms with Gasteiger partial charge in [-0.25, -0.2) is 4.98 Å². The predicted octanol–water partition coefficient (Wildman–Crippen LogP) is 3.09. The van der Waals surface area contributed by atoms with E-state index in [1.807, 2.05) is 19.1 Å². The molecule has 1 aromatic heterocycles. The molecule has 1 heterocycles. The number of benzene rings is 1. The number of anilines is 1. The first kappa shape index (κ1) is 11.7. The van der Waals surface area contributed by atoms with Crippen molar-refractivity contribution < 1.29 is 4.74 Å². The highest BCUT2D eigenvalue weighted by Gasteiger charge is 2.07. The Labute approximate surface area is 102 Å². The molecule has 0 unspecified atom stereocenters. The third-order valence-corrected chi connectivity index (χ3v) is 2.95. The lowest BCUT2D eigenvalue weighted by Crippen LogP contribution is -1.99. The van der Waals surface area contributed by atoms with Gasteiger partial charge in [0.1, 0.15) is 11.6 Å². The van der Waals surface area contributed by atoms with E-state index in [-0.39, 0.29) is 0 Å². The van der Waals surface area contributed by atoms with Crippen LogP contribution in [0, 0.1) is 6.92 Å². The average molecular weight is 230 g/mol. The first-order chi connectivity index (χ1) is 8.15. The zero-order valence-corrected chi connectivity index (χ0v) is 10.6. The van der Waals surface area contributed by atoms with E-state index < -0.39 is 0 Å². The lowest BCUT2D eigenvalue weighted by Gasteiger charge is -2.09. The number of aryl methyl sites for hydroxylation is 2. The Morgan fingerprint density at radius 2 is 2.06 bits per heavy atom. The number of hydrogen-bond acceptors (Lipinski definition) is 3. The third-order valence-electron chi connectivity index (χ3n) is 2.95. The highest BCUT2D eigenvalue weighted by Crippen LogP contribution is 2.26. The van der Waals surface area contributed by atoms with Crippen molar-refractivity contribution in [3.05, 3.63) is 29.3 Å². The zero-order valence-electron chi connectivity index (χ0n) is 10.6. The molecule has 0 aliphatic heterocycles. The van der Waals surface area contributed by atoms with Crippen molar-refractivity contribution in [2.24, 2.45) is 0 Å². The van der Waals surface area contributed by atoms with Crippen LogP contribution < -0.4 is 10.5 Å². The summed E-state index contributed by atoms with van der Waals surface area (Å²) in [5.74, 6) is 1.51. The molecule has 0 aliphatic rings. The molecule has 0 atom stereocenters. The average Bonchev–Trinajstić information content (AvgIpc) is 2.31. The van der Waals surface area contributed by atoms with E-state index in [1.165, 1.54) is 0 Å². The summed E-state index contributed by atoms with van der Waals surface area (Å²) in [7, 11) is 1.68. The molecule has 0 amide bonds. The molecule has 3 nitrogen and oxygen atoms in total. The van der Waals surface area contributed by atoms with E-state index in [2.05, 4.69) is 18.0 Å². The molecule has 0 fully saturated rings. The van der Waals surface area contributed by atoms with Gasteiger partial charge in [0, 0.05) is 5.39 Å². The minimum atomic E-state index is 0.646. The molecule has 0 spiro atoms. The van der Waals surface area contributed by atoms with Crippen LogP contribution in [0.15, 0.2) is 18.2 Å². The van der Waals surface area contributed by atoms with Crippen LogP contribution in [-0.4, -0.2) is 12.1 Å². The molecular weight excluding hydrogens is 212 g/mol. The van der Waals surface area contributed by atoms with Gasteiger partial charge in [0.2, 0.25) is 0 Å². The normalized spacial score (nSPS) is 10.8. The van der Waals surface area contributed by atoms with Gasteiger partial charge in [0.05, 0.1) is 12.6 Å². The second kappa shape index (κ2) is 4.62. The number of nitrogens with zero attached hydrogens (tertiary/aromatic N) is 1. The lowest BCUT2D eigenvalue weighted by atomic mass is 10.1. The number of aromatic nitrogens is 1. The van der Waals surface area contributed by atoms with Gasteiger partial charge in [-0.15, -0.1) is 0 Å². The number of fused-ring (bicyclic) bond motifs is 1. The third kappa shape index (κ3) is 2.18. The fourth-order valence-corrected chi connectivity index (χ4v) is 2.08. The molecule has 2 aromatic rings. The smallest absolute Gasteiger partial charge is 0.127 e. The summed E-state index contributed by atoms with van der Waals surface area (Å²) < 4.78 is 5.27. The van der Waals surface area contributed by atoms with Crippen molar-refractivity contribution >= 4 is 16.7 Å². The fourth-order valence-electron chi connectivity index (χ4n) is 2.08. The van der Waals surface area contributed by atoms with Crippen molar-refractivity contribution in [1.82, 2.24) is 4.98 Å². The topological polar surface area (TPSA) is 48.1 Å². The molecule has 0 saturated carbocycles. The minimum absolute atomic E-state index is 0.646. The van der Waals surface area contributed by atoms with Crippen molar-refractivity contribution in [1.29, 1.82) is 0 Å². The molecular formula is C14H18N2O. The molecule has 90 valence electrons. The molecule has 2 rings (SSSR count). The van der Waals surface area contributed by atoms with Gasteiger partial charge < -0.3 is 10.5 Å². The van der Waals surface area contributed by atoms with Crippen LogP contribution in [-0.2, 0) is 6.42 Å². The van der Waals surface area contributed by atoms with Crippen LogP contribution in [0.1, 0.15) is 24.5 Å². The van der Waals surface area contributed by atoms with E-state index in [0.29, 0.717) is 5.82 Å². The summed E-state index contributed by atoms with van der Waals surface area (Å²) >= 11 is 0. The number of hydrogen-bond donors (Lipinski definition) is 1. The zero-order chi connectivity index (χ0) is 12.4. The minimum Gasteiger partial charge on any atom is -0.497 e. The number of rotatable bonds is 3. The number of ether oxygens (including phenoxy) is 1. The first-order valence-corrected chi connectivity index (χ1v) is 5.89. The van der Waals surface area contributed by atoms with Crippen LogP contribution in [0.5, 0.6) is 5.75 Å². The summed E-state index contributed by atoms with van der Waals surface area (Å²) in [6.45, 7) is 4.16. The first-order valence-electron chi connectivity index (χ1n) is 5.89. The summed E-state index contributed by atoms with van der Waals surface area (Å²) in [6, 6.07) is 6.11. The molecule has 0 aliphatic carbocycles. The van der Waals surface area contributed by atoms with Crippen LogP contribution in [0.25, 0.3) is 10.9 Å². The number of nitrogens with two attached hydrogens (primary N) is 1. The van der Waals surface area contributed by atoms with Gasteiger partial charge in [-0.3, -0.25) is 0 Å². The molecule has 3 heteroatoms. The highest BCUT2D eigenvalue weighted by molar-refractivity contribution is 5.85. The fraction of sp³-hybridized carbons (Fsp3) is 0.357. The van der Waals surface area contributed by atoms with Crippen LogP contribution in [0.2, 0.25) is 0 Å². The summed E-state index contributed by atoms with van der Waals surface area (Å²) in [6.07, 6.45) is 2.03. The Balaban J connectivity index is 2.65. The molecule has 17 heavy (non-hydrogen) atoms. The van der Waals surface area contributed by atoms with Gasteiger partial charge in [-0.05, 0) is 42.7 Å². The predicted molar refractivity (Wildman–Crippen MR) is 71.4 cm³/mol. The quantitative estimate of drug-likeness (QED) is 0.881. The Kier molecular flexibility index (Phi) is 3.18. The van der Waals surface area contributed by atoms with E-state index in [1.54, 1.807) is 7.11 Å². The van der Waals surface area contributed by atoms with Crippen molar-refractivity contribution in [3.8, 4) is 5.75 Å². The monoisotopic (exact) mass is 230 g/mol. The molecule has 0 radical (unpaired) electrons. The highest BCUT2D eigenvalue weighted by atomic mass is 16.5. The van der Waals surface area contributed by atoms with E-state index in [4.69, 9.17) is 10.5 Å². The second-order valence-electron chi connectivity index (χ2n) is 4.30. The summed E-state index contributed by atoms with van der Waals surface area (Å²) in [4.78, 5) is 4.49. The SMILES string of the molecule is CCCc1cc2cc(OC)cc(C)c2nc1N. The molecule has 0 saturated heterocycles. The summed E-state index contributed by atoms with van der Waals surface area (Å²) in [5.41, 5.74) is 9.14. The van der Waals surface area contributed by atoms with Crippen LogP contribution in [0.3, 0.4) is 0 Å². The van der Waals surface area contributed by atoms with E-state index in [0.717, 1.165) is 40.6 Å². The Morgan fingerprint density at radius 1 is 1.29 bits per heavy atom. The van der Waals surface area contributed by atoms with Gasteiger partial charge in [-0.1, -0.05) is 13.3 Å². The maximum atomic E-state index is 5.97. The number of nitrogen functional groups attached to an aromatic ring is 1. The van der Waals surface area contributed by atoms with Crippen molar-refractivity contribution in [3.63, 3.8) is 0 Å². The Morgan fingerprint density at radius 3 is 2.71 bits per heavy atom. The molecule has 2 N–H and O–H groups in total. The maximum Gasteiger partial charge on any atom is 0.127 e. The van der Waals surface area contributed by atoms with E-state index in [9.17, 15) is 0 Å². The lowest BCUT2D eigenvalue weighted by molar-refractivity contribution is 0.415.